The van der Waals surface area contributed by atoms with Crippen LogP contribution in [0.2, 0.25) is 0 Å². The van der Waals surface area contributed by atoms with Crippen LogP contribution in [-0.4, -0.2) is 42.0 Å². The Morgan fingerprint density at radius 2 is 2.10 bits per heavy atom. The maximum absolute atomic E-state index is 13.6. The lowest BCUT2D eigenvalue weighted by atomic mass is 10.1. The monoisotopic (exact) mass is 294 g/mol. The molecule has 0 saturated heterocycles. The van der Waals surface area contributed by atoms with E-state index < -0.39 is 11.8 Å². The van der Waals surface area contributed by atoms with Crippen LogP contribution in [0.15, 0.2) is 24.3 Å². The Kier molecular flexibility index (Phi) is 6.55. The van der Waals surface area contributed by atoms with Gasteiger partial charge in [0, 0.05) is 19.7 Å². The van der Waals surface area contributed by atoms with Crippen LogP contribution in [-0.2, 0) is 16.1 Å². The van der Waals surface area contributed by atoms with Gasteiger partial charge in [-0.1, -0.05) is 13.0 Å². The molecule has 1 aromatic carbocycles. The van der Waals surface area contributed by atoms with E-state index in [0.717, 1.165) is 6.08 Å². The van der Waals surface area contributed by atoms with E-state index in [2.05, 4.69) is 5.32 Å². The second-order valence-corrected chi connectivity index (χ2v) is 4.54. The zero-order valence-corrected chi connectivity index (χ0v) is 12.1. The summed E-state index contributed by atoms with van der Waals surface area (Å²) < 4.78 is 13.6. The molecule has 0 aromatic heterocycles. The zero-order chi connectivity index (χ0) is 15.8. The third kappa shape index (κ3) is 6.18. The number of benzene rings is 1. The molecule has 0 radical (unpaired) electrons. The number of aliphatic carboxylic acids is 1. The smallest absolute Gasteiger partial charge is 0.328 e. The van der Waals surface area contributed by atoms with Gasteiger partial charge in [0.25, 0.3) is 0 Å². The summed E-state index contributed by atoms with van der Waals surface area (Å²) in [5.41, 5.74) is 1.16. The Bertz CT molecular complexity index is 544. The lowest BCUT2D eigenvalue weighted by Crippen LogP contribution is -2.35. The molecule has 0 fully saturated rings. The fraction of sp³-hybridized carbons (Fsp3) is 0.333. The highest BCUT2D eigenvalue weighted by molar-refractivity contribution is 5.85. The highest BCUT2D eigenvalue weighted by atomic mass is 19.1. The number of carboxylic acid groups (broad SMARTS) is 1. The van der Waals surface area contributed by atoms with Crippen LogP contribution in [0, 0.1) is 5.82 Å². The van der Waals surface area contributed by atoms with Crippen LogP contribution >= 0.6 is 0 Å². The third-order valence-corrected chi connectivity index (χ3v) is 2.90. The molecule has 1 rings (SSSR count). The second-order valence-electron chi connectivity index (χ2n) is 4.54. The minimum absolute atomic E-state index is 0.112. The van der Waals surface area contributed by atoms with Gasteiger partial charge in [0.15, 0.2) is 0 Å². The van der Waals surface area contributed by atoms with Gasteiger partial charge in [-0.3, -0.25) is 9.69 Å². The van der Waals surface area contributed by atoms with Gasteiger partial charge in [-0.05, 0) is 35.9 Å². The van der Waals surface area contributed by atoms with Crippen molar-refractivity contribution in [3.05, 3.63) is 41.2 Å². The number of nitrogens with zero attached hydrogens (tertiary/aromatic N) is 1. The molecule has 0 bridgehead atoms. The van der Waals surface area contributed by atoms with Crippen molar-refractivity contribution in [3.63, 3.8) is 0 Å². The third-order valence-electron chi connectivity index (χ3n) is 2.90. The molecule has 21 heavy (non-hydrogen) atoms. The van der Waals surface area contributed by atoms with Gasteiger partial charge in [0.2, 0.25) is 5.91 Å². The molecule has 1 amide bonds. The van der Waals surface area contributed by atoms with Crippen molar-refractivity contribution < 1.29 is 19.1 Å². The first-order valence-corrected chi connectivity index (χ1v) is 6.58. The molecule has 2 N–H and O–H groups in total. The first kappa shape index (κ1) is 16.8. The van der Waals surface area contributed by atoms with E-state index in [4.69, 9.17) is 5.11 Å². The maximum Gasteiger partial charge on any atom is 0.328 e. The lowest BCUT2D eigenvalue weighted by Gasteiger charge is -2.19. The average Bonchev–Trinajstić information content (AvgIpc) is 2.43. The SMILES string of the molecule is CCN(CC(=O)NC)Cc1cc(F)cc(C=CC(=O)O)c1. The van der Waals surface area contributed by atoms with Gasteiger partial charge >= 0.3 is 5.97 Å². The van der Waals surface area contributed by atoms with Crippen molar-refractivity contribution in [2.75, 3.05) is 20.1 Å². The number of carbonyl (C=O) groups excluding carboxylic acids is 1. The predicted octanol–water partition coefficient (Wildman–Crippen LogP) is 1.49. The number of amides is 1. The van der Waals surface area contributed by atoms with E-state index in [1.165, 1.54) is 18.2 Å². The van der Waals surface area contributed by atoms with E-state index in [1.54, 1.807) is 13.1 Å². The number of hydrogen-bond donors (Lipinski definition) is 2. The molecule has 114 valence electrons. The van der Waals surface area contributed by atoms with E-state index in [1.807, 2.05) is 11.8 Å². The van der Waals surface area contributed by atoms with Crippen LogP contribution in [0.4, 0.5) is 4.39 Å². The molecule has 0 aliphatic carbocycles. The second kappa shape index (κ2) is 8.16. The standard InChI is InChI=1S/C15H19FN2O3/c1-3-18(10-14(19)17-2)9-12-6-11(4-5-15(20)21)7-13(16)8-12/h4-8H,3,9-10H2,1-2H3,(H,17,19)(H,20,21). The Hall–Kier alpha value is -2.21. The Morgan fingerprint density at radius 1 is 1.38 bits per heavy atom. The fourth-order valence-electron chi connectivity index (χ4n) is 1.85. The number of carbonyl (C=O) groups is 2. The number of carboxylic acids is 1. The summed E-state index contributed by atoms with van der Waals surface area (Å²) >= 11 is 0. The van der Waals surface area contributed by atoms with Crippen molar-refractivity contribution in [2.45, 2.75) is 13.5 Å². The molecule has 0 aliphatic rings. The molecule has 1 aromatic rings. The molecule has 0 aliphatic heterocycles. The minimum Gasteiger partial charge on any atom is -0.478 e. The van der Waals surface area contributed by atoms with Crippen LogP contribution in [0.5, 0.6) is 0 Å². The highest BCUT2D eigenvalue weighted by Crippen LogP contribution is 2.13. The summed E-state index contributed by atoms with van der Waals surface area (Å²) in [7, 11) is 1.56. The van der Waals surface area contributed by atoms with Gasteiger partial charge in [0.05, 0.1) is 6.54 Å². The van der Waals surface area contributed by atoms with E-state index in [0.29, 0.717) is 24.2 Å². The maximum atomic E-state index is 13.6. The molecular formula is C15H19FN2O3. The van der Waals surface area contributed by atoms with Crippen LogP contribution < -0.4 is 5.32 Å². The normalized spacial score (nSPS) is 11.0. The van der Waals surface area contributed by atoms with Crippen molar-refractivity contribution in [1.29, 1.82) is 0 Å². The summed E-state index contributed by atoms with van der Waals surface area (Å²) in [6.07, 6.45) is 2.30. The zero-order valence-electron chi connectivity index (χ0n) is 12.1. The van der Waals surface area contributed by atoms with Gasteiger partial charge in [-0.2, -0.15) is 0 Å². The summed E-state index contributed by atoms with van der Waals surface area (Å²) in [5, 5.41) is 11.1. The minimum atomic E-state index is -1.09. The van der Waals surface area contributed by atoms with Gasteiger partial charge in [-0.25, -0.2) is 9.18 Å². The number of hydrogen-bond acceptors (Lipinski definition) is 3. The number of nitrogens with one attached hydrogen (secondary N) is 1. The first-order chi connectivity index (χ1) is 9.94. The van der Waals surface area contributed by atoms with E-state index >= 15 is 0 Å². The molecule has 6 heteroatoms. The Balaban J connectivity index is 2.86. The average molecular weight is 294 g/mol. The van der Waals surface area contributed by atoms with Crippen LogP contribution in [0.25, 0.3) is 6.08 Å². The fourth-order valence-corrected chi connectivity index (χ4v) is 1.85. The summed E-state index contributed by atoms with van der Waals surface area (Å²) in [4.78, 5) is 23.7. The van der Waals surface area contributed by atoms with Crippen molar-refractivity contribution in [3.8, 4) is 0 Å². The molecule has 0 unspecified atom stereocenters. The molecule has 5 nitrogen and oxygen atoms in total. The summed E-state index contributed by atoms with van der Waals surface area (Å²) in [6, 6.07) is 4.34. The summed E-state index contributed by atoms with van der Waals surface area (Å²) in [5.74, 6) is -1.64. The van der Waals surface area contributed by atoms with Gasteiger partial charge in [-0.15, -0.1) is 0 Å². The molecule has 0 spiro atoms. The van der Waals surface area contributed by atoms with Crippen LogP contribution in [0.1, 0.15) is 18.1 Å². The quantitative estimate of drug-likeness (QED) is 0.748. The largest absolute Gasteiger partial charge is 0.478 e. The van der Waals surface area contributed by atoms with Crippen molar-refractivity contribution >= 4 is 18.0 Å². The van der Waals surface area contributed by atoms with Crippen molar-refractivity contribution in [2.24, 2.45) is 0 Å². The van der Waals surface area contributed by atoms with Crippen molar-refractivity contribution in [1.82, 2.24) is 10.2 Å². The van der Waals surface area contributed by atoms with Gasteiger partial charge in [0.1, 0.15) is 5.82 Å². The first-order valence-electron chi connectivity index (χ1n) is 6.58. The summed E-state index contributed by atoms with van der Waals surface area (Å²) in [6.45, 7) is 3.19. The van der Waals surface area contributed by atoms with Gasteiger partial charge < -0.3 is 10.4 Å². The topological polar surface area (TPSA) is 69.6 Å². The van der Waals surface area contributed by atoms with E-state index in [9.17, 15) is 14.0 Å². The Morgan fingerprint density at radius 3 is 2.67 bits per heavy atom. The number of halogens is 1. The molecule has 0 heterocycles. The molecule has 0 saturated carbocycles. The van der Waals surface area contributed by atoms with E-state index in [-0.39, 0.29) is 12.5 Å². The Labute approximate surface area is 123 Å². The molecule has 0 atom stereocenters. The predicted molar refractivity (Wildman–Crippen MR) is 78.1 cm³/mol. The lowest BCUT2D eigenvalue weighted by molar-refractivity contribution is -0.131. The van der Waals surface area contributed by atoms with Crippen LogP contribution in [0.3, 0.4) is 0 Å². The molecular weight excluding hydrogens is 275 g/mol. The highest BCUT2D eigenvalue weighted by Gasteiger charge is 2.09. The number of rotatable bonds is 7. The number of likely N-dealkylation sites (N-methyl/N-ethyl adjacent to an activating group) is 2.